The summed E-state index contributed by atoms with van der Waals surface area (Å²) in [7, 11) is 0. The molecule has 1 heterocycles. The predicted octanol–water partition coefficient (Wildman–Crippen LogP) is 6.23. The number of hydrogen-bond acceptors (Lipinski definition) is 2. The normalized spacial score (nSPS) is 15.5. The van der Waals surface area contributed by atoms with Gasteiger partial charge in [0, 0.05) is 35.6 Å². The number of nitrogens with zero attached hydrogens (tertiary/aromatic N) is 1. The Morgan fingerprint density at radius 1 is 1.03 bits per heavy atom. The molecule has 1 aliphatic rings. The van der Waals surface area contributed by atoms with Crippen molar-refractivity contribution in [1.82, 2.24) is 9.88 Å². The second-order valence-corrected chi connectivity index (χ2v) is 8.60. The Morgan fingerprint density at radius 2 is 1.71 bits per heavy atom. The lowest BCUT2D eigenvalue weighted by Gasteiger charge is -2.21. The number of benzene rings is 2. The lowest BCUT2D eigenvalue weighted by molar-refractivity contribution is 0.0684. The first-order valence-corrected chi connectivity index (χ1v) is 11.5. The van der Waals surface area contributed by atoms with Crippen LogP contribution >= 0.6 is 0 Å². The number of aromatic carboxylic acids is 1. The van der Waals surface area contributed by atoms with Gasteiger partial charge in [-0.3, -0.25) is 0 Å². The minimum absolute atomic E-state index is 0.396. The second kappa shape index (κ2) is 9.97. The summed E-state index contributed by atoms with van der Waals surface area (Å²) >= 11 is 0. The van der Waals surface area contributed by atoms with Crippen LogP contribution in [-0.2, 0) is 13.1 Å². The molecule has 2 aromatic carbocycles. The zero-order chi connectivity index (χ0) is 21.6. The maximum absolute atomic E-state index is 12.4. The average Bonchev–Trinajstić information content (AvgIpc) is 3.07. The first kappa shape index (κ1) is 21.4. The molecule has 0 saturated heterocycles. The van der Waals surface area contributed by atoms with E-state index >= 15 is 0 Å². The number of para-hydroxylation sites is 1. The highest BCUT2D eigenvalue weighted by Gasteiger charge is 2.23. The van der Waals surface area contributed by atoms with Gasteiger partial charge in [0.15, 0.2) is 0 Å². The Kier molecular flexibility index (Phi) is 6.88. The van der Waals surface area contributed by atoms with E-state index in [0.717, 1.165) is 27.6 Å². The fourth-order valence-electron chi connectivity index (χ4n) is 4.81. The molecule has 31 heavy (non-hydrogen) atoms. The monoisotopic (exact) mass is 416 g/mol. The molecule has 0 amide bonds. The van der Waals surface area contributed by atoms with E-state index in [9.17, 15) is 9.90 Å². The molecule has 162 valence electrons. The van der Waals surface area contributed by atoms with Gasteiger partial charge in [-0.25, -0.2) is 4.79 Å². The third kappa shape index (κ3) is 4.91. The van der Waals surface area contributed by atoms with E-state index in [1.807, 2.05) is 59.2 Å². The third-order valence-corrected chi connectivity index (χ3v) is 6.51. The van der Waals surface area contributed by atoms with Gasteiger partial charge in [-0.2, -0.15) is 0 Å². The smallest absolute Gasteiger partial charge is 0.352 e. The third-order valence-electron chi connectivity index (χ3n) is 6.51. The number of carboxylic acid groups (broad SMARTS) is 1. The molecule has 0 spiro atoms. The van der Waals surface area contributed by atoms with Crippen LogP contribution in [0.2, 0.25) is 0 Å². The Labute approximate surface area is 184 Å². The highest BCUT2D eigenvalue weighted by molar-refractivity contribution is 5.98. The largest absolute Gasteiger partial charge is 0.477 e. The van der Waals surface area contributed by atoms with Crippen molar-refractivity contribution in [2.24, 2.45) is 0 Å². The van der Waals surface area contributed by atoms with Crippen molar-refractivity contribution >= 4 is 22.9 Å². The second-order valence-electron chi connectivity index (χ2n) is 8.60. The molecular weight excluding hydrogens is 384 g/mol. The SMILES string of the molecule is C=Cc1ccc(Cn2c(C(=O)O)c(CNC3CCCCCCC3)c3ccccc32)cc1. The first-order chi connectivity index (χ1) is 15.2. The molecule has 4 heteroatoms. The number of nitrogens with one attached hydrogen (secondary N) is 1. The fraction of sp³-hybridized carbons (Fsp3) is 0.370. The van der Waals surface area contributed by atoms with Crippen LogP contribution in [0.3, 0.4) is 0 Å². The van der Waals surface area contributed by atoms with Crippen LogP contribution in [0, 0.1) is 0 Å². The summed E-state index contributed by atoms with van der Waals surface area (Å²) in [4.78, 5) is 12.4. The van der Waals surface area contributed by atoms with Crippen LogP contribution in [0.4, 0.5) is 0 Å². The quantitative estimate of drug-likeness (QED) is 0.480. The summed E-state index contributed by atoms with van der Waals surface area (Å²) in [6.07, 6.45) is 10.6. The van der Waals surface area contributed by atoms with Crippen molar-refractivity contribution in [2.45, 2.75) is 64.1 Å². The molecule has 3 aromatic rings. The summed E-state index contributed by atoms with van der Waals surface area (Å²) in [5, 5.41) is 14.9. The number of aromatic nitrogens is 1. The van der Waals surface area contributed by atoms with Gasteiger partial charge in [0.2, 0.25) is 0 Å². The van der Waals surface area contributed by atoms with Crippen molar-refractivity contribution in [1.29, 1.82) is 0 Å². The Bertz CT molecular complexity index is 1040. The van der Waals surface area contributed by atoms with E-state index < -0.39 is 5.97 Å². The summed E-state index contributed by atoms with van der Waals surface area (Å²) in [6.45, 7) is 4.93. The number of fused-ring (bicyclic) bond motifs is 1. The summed E-state index contributed by atoms with van der Waals surface area (Å²) < 4.78 is 1.95. The van der Waals surface area contributed by atoms with Gasteiger partial charge in [0.05, 0.1) is 0 Å². The number of carboxylic acids is 1. The zero-order valence-corrected chi connectivity index (χ0v) is 18.1. The van der Waals surface area contributed by atoms with E-state index in [1.54, 1.807) is 0 Å². The van der Waals surface area contributed by atoms with E-state index in [1.165, 1.54) is 44.9 Å². The van der Waals surface area contributed by atoms with Gasteiger partial charge in [-0.1, -0.05) is 87.2 Å². The highest BCUT2D eigenvalue weighted by Crippen LogP contribution is 2.28. The number of hydrogen-bond donors (Lipinski definition) is 2. The Hall–Kier alpha value is -2.85. The average molecular weight is 417 g/mol. The Morgan fingerprint density at radius 3 is 2.39 bits per heavy atom. The maximum atomic E-state index is 12.4. The molecule has 0 radical (unpaired) electrons. The van der Waals surface area contributed by atoms with Crippen molar-refractivity contribution in [3.8, 4) is 0 Å². The van der Waals surface area contributed by atoms with E-state index in [2.05, 4.69) is 11.9 Å². The summed E-state index contributed by atoms with van der Waals surface area (Å²) in [5.41, 5.74) is 4.40. The first-order valence-electron chi connectivity index (χ1n) is 11.5. The lowest BCUT2D eigenvalue weighted by Crippen LogP contribution is -2.30. The molecular formula is C27H32N2O2. The van der Waals surface area contributed by atoms with Crippen LogP contribution in [-0.4, -0.2) is 21.7 Å². The van der Waals surface area contributed by atoms with Gasteiger partial charge < -0.3 is 15.0 Å². The molecule has 1 saturated carbocycles. The Balaban J connectivity index is 1.66. The van der Waals surface area contributed by atoms with Gasteiger partial charge in [-0.05, 0) is 30.0 Å². The minimum Gasteiger partial charge on any atom is -0.477 e. The predicted molar refractivity (Wildman–Crippen MR) is 127 cm³/mol. The standard InChI is InChI=1S/C27H32N2O2/c1-2-20-14-16-21(17-15-20)19-29-25-13-9-8-12-23(25)24(26(29)27(30)31)18-28-22-10-6-4-3-5-7-11-22/h2,8-9,12-17,22,28H,1,3-7,10-11,18-19H2,(H,30,31). The van der Waals surface area contributed by atoms with Crippen LogP contribution in [0.5, 0.6) is 0 Å². The van der Waals surface area contributed by atoms with Gasteiger partial charge in [-0.15, -0.1) is 0 Å². The van der Waals surface area contributed by atoms with Gasteiger partial charge >= 0.3 is 5.97 Å². The molecule has 0 unspecified atom stereocenters. The van der Waals surface area contributed by atoms with Crippen LogP contribution in [0.15, 0.2) is 55.1 Å². The van der Waals surface area contributed by atoms with Crippen LogP contribution in [0.1, 0.15) is 72.1 Å². The van der Waals surface area contributed by atoms with Crippen LogP contribution < -0.4 is 5.32 Å². The van der Waals surface area contributed by atoms with Crippen molar-refractivity contribution < 1.29 is 9.90 Å². The lowest BCUT2D eigenvalue weighted by atomic mass is 9.96. The highest BCUT2D eigenvalue weighted by atomic mass is 16.4. The molecule has 0 atom stereocenters. The van der Waals surface area contributed by atoms with E-state index in [-0.39, 0.29) is 0 Å². The maximum Gasteiger partial charge on any atom is 0.352 e. The van der Waals surface area contributed by atoms with E-state index in [4.69, 9.17) is 0 Å². The van der Waals surface area contributed by atoms with E-state index in [0.29, 0.717) is 24.8 Å². The molecule has 4 nitrogen and oxygen atoms in total. The summed E-state index contributed by atoms with van der Waals surface area (Å²) in [5.74, 6) is -0.867. The molecule has 0 aliphatic heterocycles. The van der Waals surface area contributed by atoms with Crippen molar-refractivity contribution in [2.75, 3.05) is 0 Å². The summed E-state index contributed by atoms with van der Waals surface area (Å²) in [6, 6.07) is 16.7. The molecule has 4 rings (SSSR count). The number of rotatable bonds is 7. The fourth-order valence-corrected chi connectivity index (χ4v) is 4.81. The molecule has 1 aliphatic carbocycles. The zero-order valence-electron chi connectivity index (χ0n) is 18.1. The van der Waals surface area contributed by atoms with Gasteiger partial charge in [0.1, 0.15) is 5.69 Å². The molecule has 1 fully saturated rings. The number of carbonyl (C=O) groups is 1. The topological polar surface area (TPSA) is 54.3 Å². The van der Waals surface area contributed by atoms with Crippen molar-refractivity contribution in [3.63, 3.8) is 0 Å². The van der Waals surface area contributed by atoms with Crippen molar-refractivity contribution in [3.05, 3.63) is 77.5 Å². The molecule has 2 N–H and O–H groups in total. The van der Waals surface area contributed by atoms with Gasteiger partial charge in [0.25, 0.3) is 0 Å². The molecule has 1 aromatic heterocycles. The van der Waals surface area contributed by atoms with Crippen LogP contribution in [0.25, 0.3) is 17.0 Å². The minimum atomic E-state index is -0.867. The molecule has 0 bridgehead atoms.